The summed E-state index contributed by atoms with van der Waals surface area (Å²) in [6.45, 7) is 0. The van der Waals surface area contributed by atoms with Crippen molar-refractivity contribution < 1.29 is 9.47 Å². The second-order valence-electron chi connectivity index (χ2n) is 5.33. The average molecular weight is 320 g/mol. The summed E-state index contributed by atoms with van der Waals surface area (Å²) in [6, 6.07) is 18.0. The Morgan fingerprint density at radius 2 is 1.50 bits per heavy atom. The van der Waals surface area contributed by atoms with Crippen LogP contribution in [-0.4, -0.2) is 24.0 Å². The van der Waals surface area contributed by atoms with Crippen molar-refractivity contribution in [2.45, 2.75) is 6.42 Å². The van der Waals surface area contributed by atoms with Gasteiger partial charge in [0.2, 0.25) is 0 Å². The van der Waals surface area contributed by atoms with Crippen molar-refractivity contribution in [3.8, 4) is 22.8 Å². The van der Waals surface area contributed by atoms with E-state index in [2.05, 4.69) is 23.3 Å². The lowest BCUT2D eigenvalue weighted by atomic mass is 10.1. The summed E-state index contributed by atoms with van der Waals surface area (Å²) in [5.74, 6) is 1.72. The molecule has 0 aliphatic rings. The summed E-state index contributed by atoms with van der Waals surface area (Å²) in [5.41, 5.74) is 3.37. The summed E-state index contributed by atoms with van der Waals surface area (Å²) in [5, 5.41) is 4.37. The molecule has 3 aromatic rings. The molecule has 0 saturated carbocycles. The van der Waals surface area contributed by atoms with Crippen molar-refractivity contribution >= 4 is 6.20 Å². The number of benzene rings is 2. The molecular weight excluding hydrogens is 300 g/mol. The van der Waals surface area contributed by atoms with E-state index in [9.17, 15) is 0 Å². The first-order chi connectivity index (χ1) is 11.8. The van der Waals surface area contributed by atoms with Gasteiger partial charge < -0.3 is 9.47 Å². The molecular formula is C20H20N2O2. The molecule has 0 atom stereocenters. The third-order valence-corrected chi connectivity index (χ3v) is 3.82. The molecule has 1 aromatic heterocycles. The molecule has 24 heavy (non-hydrogen) atoms. The molecule has 0 aliphatic heterocycles. The molecule has 0 fully saturated rings. The molecule has 122 valence electrons. The lowest BCUT2D eigenvalue weighted by molar-refractivity contribution is 0.414. The van der Waals surface area contributed by atoms with Gasteiger partial charge in [0.05, 0.1) is 19.9 Å². The Labute approximate surface area is 142 Å². The molecule has 0 spiro atoms. The van der Waals surface area contributed by atoms with Gasteiger partial charge in [0, 0.05) is 18.0 Å². The van der Waals surface area contributed by atoms with E-state index >= 15 is 0 Å². The SMILES string of the molecule is COc1ccc(C/C=C/n2nccc2-c2ccc(OC)cc2)cc1. The monoisotopic (exact) mass is 320 g/mol. The Hall–Kier alpha value is -3.01. The normalized spacial score (nSPS) is 10.9. The molecule has 4 heteroatoms. The maximum Gasteiger partial charge on any atom is 0.118 e. The first-order valence-electron chi connectivity index (χ1n) is 7.77. The predicted molar refractivity (Wildman–Crippen MR) is 96.2 cm³/mol. The highest BCUT2D eigenvalue weighted by Crippen LogP contribution is 2.22. The van der Waals surface area contributed by atoms with E-state index in [-0.39, 0.29) is 0 Å². The minimum Gasteiger partial charge on any atom is -0.497 e. The summed E-state index contributed by atoms with van der Waals surface area (Å²) in [4.78, 5) is 0. The average Bonchev–Trinajstić information content (AvgIpc) is 3.11. The second-order valence-corrected chi connectivity index (χ2v) is 5.33. The minimum absolute atomic E-state index is 0.839. The van der Waals surface area contributed by atoms with Crippen LogP contribution in [0, 0.1) is 0 Å². The summed E-state index contributed by atoms with van der Waals surface area (Å²) >= 11 is 0. The van der Waals surface area contributed by atoms with Crippen molar-refractivity contribution in [1.82, 2.24) is 9.78 Å². The number of rotatable bonds is 6. The highest BCUT2D eigenvalue weighted by Gasteiger charge is 2.03. The maximum absolute atomic E-state index is 5.20. The van der Waals surface area contributed by atoms with Crippen LogP contribution in [0.2, 0.25) is 0 Å². The zero-order chi connectivity index (χ0) is 16.8. The highest BCUT2D eigenvalue weighted by molar-refractivity contribution is 5.62. The standard InChI is InChI=1S/C20H20N2O2/c1-23-18-9-5-16(6-10-18)4-3-15-22-20(13-14-21-22)17-7-11-19(24-2)12-8-17/h3,5-15H,4H2,1-2H3/b15-3+. The van der Waals surface area contributed by atoms with Crippen LogP contribution in [0.15, 0.2) is 66.9 Å². The van der Waals surface area contributed by atoms with Gasteiger partial charge in [0.1, 0.15) is 11.5 Å². The van der Waals surface area contributed by atoms with Crippen LogP contribution in [-0.2, 0) is 6.42 Å². The van der Waals surface area contributed by atoms with Gasteiger partial charge in [-0.25, -0.2) is 4.68 Å². The fourth-order valence-electron chi connectivity index (χ4n) is 2.47. The van der Waals surface area contributed by atoms with Crippen LogP contribution in [0.5, 0.6) is 11.5 Å². The van der Waals surface area contributed by atoms with Crippen molar-refractivity contribution in [3.05, 3.63) is 72.4 Å². The molecule has 0 bridgehead atoms. The number of hydrogen-bond acceptors (Lipinski definition) is 3. The van der Waals surface area contributed by atoms with Gasteiger partial charge in [-0.15, -0.1) is 0 Å². The quantitative estimate of drug-likeness (QED) is 0.680. The van der Waals surface area contributed by atoms with Crippen LogP contribution in [0.1, 0.15) is 5.56 Å². The molecule has 0 radical (unpaired) electrons. The molecule has 2 aromatic carbocycles. The van der Waals surface area contributed by atoms with Crippen LogP contribution in [0.25, 0.3) is 17.5 Å². The Kier molecular flexibility index (Phi) is 4.96. The molecule has 0 saturated heterocycles. The predicted octanol–water partition coefficient (Wildman–Crippen LogP) is 4.28. The third-order valence-electron chi connectivity index (χ3n) is 3.82. The largest absolute Gasteiger partial charge is 0.497 e. The van der Waals surface area contributed by atoms with Crippen molar-refractivity contribution in [3.63, 3.8) is 0 Å². The van der Waals surface area contributed by atoms with Crippen molar-refractivity contribution in [2.75, 3.05) is 14.2 Å². The number of methoxy groups -OCH3 is 2. The van der Waals surface area contributed by atoms with Crippen molar-refractivity contribution in [1.29, 1.82) is 0 Å². The fourth-order valence-corrected chi connectivity index (χ4v) is 2.47. The van der Waals surface area contributed by atoms with E-state index in [0.29, 0.717) is 0 Å². The topological polar surface area (TPSA) is 36.3 Å². The van der Waals surface area contributed by atoms with Crippen LogP contribution in [0.4, 0.5) is 0 Å². The molecule has 0 N–H and O–H groups in total. The first-order valence-corrected chi connectivity index (χ1v) is 7.77. The molecule has 4 nitrogen and oxygen atoms in total. The Bertz CT molecular complexity index is 802. The smallest absolute Gasteiger partial charge is 0.118 e. The van der Waals surface area contributed by atoms with Gasteiger partial charge in [-0.05, 0) is 54.4 Å². The van der Waals surface area contributed by atoms with E-state index in [4.69, 9.17) is 9.47 Å². The Morgan fingerprint density at radius 3 is 2.12 bits per heavy atom. The number of hydrogen-bond donors (Lipinski definition) is 0. The van der Waals surface area contributed by atoms with Gasteiger partial charge in [-0.3, -0.25) is 0 Å². The number of aromatic nitrogens is 2. The molecule has 1 heterocycles. The number of ether oxygens (including phenoxy) is 2. The second kappa shape index (κ2) is 7.51. The van der Waals surface area contributed by atoms with Gasteiger partial charge in [-0.1, -0.05) is 18.2 Å². The Morgan fingerprint density at radius 1 is 0.875 bits per heavy atom. The third kappa shape index (κ3) is 3.66. The summed E-state index contributed by atoms with van der Waals surface area (Å²) in [6.07, 6.45) is 6.73. The van der Waals surface area contributed by atoms with E-state index < -0.39 is 0 Å². The van der Waals surface area contributed by atoms with E-state index in [1.807, 2.05) is 53.3 Å². The lowest BCUT2D eigenvalue weighted by Crippen LogP contribution is -1.93. The van der Waals surface area contributed by atoms with Gasteiger partial charge >= 0.3 is 0 Å². The van der Waals surface area contributed by atoms with Crippen LogP contribution < -0.4 is 9.47 Å². The molecule has 0 aliphatic carbocycles. The van der Waals surface area contributed by atoms with E-state index in [0.717, 1.165) is 29.2 Å². The van der Waals surface area contributed by atoms with E-state index in [1.165, 1.54) is 5.56 Å². The van der Waals surface area contributed by atoms with Gasteiger partial charge in [-0.2, -0.15) is 5.10 Å². The van der Waals surface area contributed by atoms with Gasteiger partial charge in [0.15, 0.2) is 0 Å². The summed E-state index contributed by atoms with van der Waals surface area (Å²) in [7, 11) is 3.34. The van der Waals surface area contributed by atoms with Crippen LogP contribution >= 0.6 is 0 Å². The number of allylic oxidation sites excluding steroid dienone is 1. The minimum atomic E-state index is 0.839. The molecule has 3 rings (SSSR count). The maximum atomic E-state index is 5.20. The fraction of sp³-hybridized carbons (Fsp3) is 0.150. The van der Waals surface area contributed by atoms with E-state index in [1.54, 1.807) is 20.4 Å². The first kappa shape index (κ1) is 15.9. The van der Waals surface area contributed by atoms with Gasteiger partial charge in [0.25, 0.3) is 0 Å². The van der Waals surface area contributed by atoms with Crippen molar-refractivity contribution in [2.24, 2.45) is 0 Å². The lowest BCUT2D eigenvalue weighted by Gasteiger charge is -2.05. The number of nitrogens with zero attached hydrogens (tertiary/aromatic N) is 2. The van der Waals surface area contributed by atoms with Crippen LogP contribution in [0.3, 0.4) is 0 Å². The zero-order valence-electron chi connectivity index (χ0n) is 13.8. The summed E-state index contributed by atoms with van der Waals surface area (Å²) < 4.78 is 12.3. The molecule has 0 unspecified atom stereocenters. The molecule has 0 amide bonds. The highest BCUT2D eigenvalue weighted by atomic mass is 16.5. The zero-order valence-corrected chi connectivity index (χ0v) is 13.8. The Balaban J connectivity index is 1.72.